The number of hydrogen-bond acceptors (Lipinski definition) is 5. The third kappa shape index (κ3) is 4.75. The van der Waals surface area contributed by atoms with Crippen LogP contribution in [-0.4, -0.2) is 35.0 Å². The van der Waals surface area contributed by atoms with Crippen molar-refractivity contribution in [3.05, 3.63) is 23.5 Å². The van der Waals surface area contributed by atoms with Gasteiger partial charge in [-0.3, -0.25) is 9.20 Å². The first-order valence-corrected chi connectivity index (χ1v) is 7.56. The molecule has 114 valence electrons. The zero-order valence-electron chi connectivity index (χ0n) is 11.8. The van der Waals surface area contributed by atoms with Crippen LogP contribution >= 0.6 is 11.3 Å². The molecule has 2 aromatic heterocycles. The van der Waals surface area contributed by atoms with Crippen LogP contribution in [0.25, 0.3) is 4.96 Å². The van der Waals surface area contributed by atoms with Gasteiger partial charge < -0.3 is 15.4 Å². The lowest BCUT2D eigenvalue weighted by Gasteiger charge is -2.06. The van der Waals surface area contributed by atoms with Gasteiger partial charge in [0.2, 0.25) is 0 Å². The van der Waals surface area contributed by atoms with E-state index < -0.39 is 0 Å². The Morgan fingerprint density at radius 2 is 2.24 bits per heavy atom. The van der Waals surface area contributed by atoms with Gasteiger partial charge in [-0.25, -0.2) is 9.78 Å². The van der Waals surface area contributed by atoms with Crippen LogP contribution in [-0.2, 0) is 16.1 Å². The molecule has 2 amide bonds. The van der Waals surface area contributed by atoms with Gasteiger partial charge in [-0.15, -0.1) is 11.3 Å². The molecule has 0 atom stereocenters. The summed E-state index contributed by atoms with van der Waals surface area (Å²) in [6, 6.07) is -0.232. The summed E-state index contributed by atoms with van der Waals surface area (Å²) in [6.45, 7) is 0.920. The first kappa shape index (κ1) is 15.3. The van der Waals surface area contributed by atoms with Crippen LogP contribution < -0.4 is 10.6 Å². The molecule has 0 saturated carbocycles. The highest BCUT2D eigenvalue weighted by Crippen LogP contribution is 2.10. The maximum atomic E-state index is 11.6. The van der Waals surface area contributed by atoms with Crippen molar-refractivity contribution in [1.82, 2.24) is 20.0 Å². The van der Waals surface area contributed by atoms with Crippen molar-refractivity contribution in [2.75, 3.05) is 13.7 Å². The van der Waals surface area contributed by atoms with Gasteiger partial charge in [0.25, 0.3) is 0 Å². The molecule has 8 heteroatoms. The number of carbonyl (C=O) groups is 2. The molecule has 7 nitrogen and oxygen atoms in total. The average molecular weight is 310 g/mol. The van der Waals surface area contributed by atoms with Crippen molar-refractivity contribution in [3.8, 4) is 0 Å². The molecular weight excluding hydrogens is 292 g/mol. The number of aromatic nitrogens is 2. The standard InChI is InChI=1S/C13H18N4O3S/c1-20-11(18)4-2-3-5-14-12(19)15-8-10-9-17-6-7-21-13(17)16-10/h6-7,9H,2-5,8H2,1H3,(H2,14,15,19). The van der Waals surface area contributed by atoms with Crippen molar-refractivity contribution in [2.24, 2.45) is 0 Å². The number of hydrogen-bond donors (Lipinski definition) is 2. The van der Waals surface area contributed by atoms with Gasteiger partial charge in [0.1, 0.15) is 0 Å². The van der Waals surface area contributed by atoms with Gasteiger partial charge in [-0.1, -0.05) is 0 Å². The van der Waals surface area contributed by atoms with Crippen molar-refractivity contribution in [3.63, 3.8) is 0 Å². The summed E-state index contributed by atoms with van der Waals surface area (Å²) in [6.07, 6.45) is 5.64. The predicted molar refractivity (Wildman–Crippen MR) is 79.2 cm³/mol. The van der Waals surface area contributed by atoms with E-state index in [0.717, 1.165) is 17.1 Å². The summed E-state index contributed by atoms with van der Waals surface area (Å²) in [7, 11) is 1.37. The predicted octanol–water partition coefficient (Wildman–Crippen LogP) is 1.54. The topological polar surface area (TPSA) is 84.7 Å². The molecule has 2 aromatic rings. The second-order valence-corrected chi connectivity index (χ2v) is 5.34. The van der Waals surface area contributed by atoms with Crippen molar-refractivity contribution >= 4 is 28.3 Å². The van der Waals surface area contributed by atoms with Crippen LogP contribution in [0.15, 0.2) is 17.8 Å². The summed E-state index contributed by atoms with van der Waals surface area (Å²) in [5.41, 5.74) is 0.822. The maximum Gasteiger partial charge on any atom is 0.315 e. The zero-order chi connectivity index (χ0) is 15.1. The Labute approximate surface area is 126 Å². The summed E-state index contributed by atoms with van der Waals surface area (Å²) in [5.74, 6) is -0.223. The molecule has 0 saturated heterocycles. The largest absolute Gasteiger partial charge is 0.469 e. The quantitative estimate of drug-likeness (QED) is 0.600. The number of esters is 1. The van der Waals surface area contributed by atoms with Crippen molar-refractivity contribution in [2.45, 2.75) is 25.8 Å². The zero-order valence-corrected chi connectivity index (χ0v) is 12.6. The highest BCUT2D eigenvalue weighted by Gasteiger charge is 2.05. The smallest absolute Gasteiger partial charge is 0.315 e. The van der Waals surface area contributed by atoms with Gasteiger partial charge in [0, 0.05) is 30.7 Å². The van der Waals surface area contributed by atoms with E-state index >= 15 is 0 Å². The molecule has 0 aliphatic carbocycles. The Morgan fingerprint density at radius 3 is 3.00 bits per heavy atom. The minimum atomic E-state index is -0.232. The number of carbonyl (C=O) groups excluding carboxylic acids is 2. The number of amides is 2. The van der Waals surface area contributed by atoms with Gasteiger partial charge in [0.15, 0.2) is 4.96 Å². The molecule has 0 bridgehead atoms. The molecule has 0 aliphatic rings. The molecule has 0 spiro atoms. The fraction of sp³-hybridized carbons (Fsp3) is 0.462. The number of nitrogens with zero attached hydrogens (tertiary/aromatic N) is 2. The Balaban J connectivity index is 1.59. The highest BCUT2D eigenvalue weighted by atomic mass is 32.1. The number of imidazole rings is 1. The van der Waals surface area contributed by atoms with Gasteiger partial charge >= 0.3 is 12.0 Å². The molecule has 21 heavy (non-hydrogen) atoms. The van der Waals surface area contributed by atoms with E-state index in [2.05, 4.69) is 20.4 Å². The second kappa shape index (κ2) is 7.63. The molecule has 0 aliphatic heterocycles. The van der Waals surface area contributed by atoms with Crippen LogP contribution in [0, 0.1) is 0 Å². The second-order valence-electron chi connectivity index (χ2n) is 4.47. The normalized spacial score (nSPS) is 10.5. The number of rotatable bonds is 7. The first-order valence-electron chi connectivity index (χ1n) is 6.68. The molecule has 2 heterocycles. The summed E-state index contributed by atoms with van der Waals surface area (Å²) in [5, 5.41) is 7.44. The summed E-state index contributed by atoms with van der Waals surface area (Å²) < 4.78 is 6.46. The lowest BCUT2D eigenvalue weighted by molar-refractivity contribution is -0.140. The Bertz CT molecular complexity index is 579. The molecule has 2 rings (SSSR count). The number of methoxy groups -OCH3 is 1. The van der Waals surface area contributed by atoms with E-state index in [1.54, 1.807) is 11.3 Å². The van der Waals surface area contributed by atoms with E-state index in [1.165, 1.54) is 7.11 Å². The third-order valence-corrected chi connectivity index (χ3v) is 3.66. The minimum absolute atomic E-state index is 0.223. The summed E-state index contributed by atoms with van der Waals surface area (Å²) >= 11 is 1.55. The molecular formula is C13H18N4O3S. The van der Waals surface area contributed by atoms with Gasteiger partial charge in [0.05, 0.1) is 19.3 Å². The Morgan fingerprint density at radius 1 is 1.38 bits per heavy atom. The monoisotopic (exact) mass is 310 g/mol. The molecule has 0 unspecified atom stereocenters. The molecule has 0 radical (unpaired) electrons. The number of ether oxygens (including phenoxy) is 1. The Hall–Kier alpha value is -2.09. The minimum Gasteiger partial charge on any atom is -0.469 e. The Kier molecular flexibility index (Phi) is 5.56. The van der Waals surface area contributed by atoms with Crippen LogP contribution in [0.4, 0.5) is 4.79 Å². The molecule has 0 aromatic carbocycles. The van der Waals surface area contributed by atoms with E-state index in [9.17, 15) is 9.59 Å². The summed E-state index contributed by atoms with van der Waals surface area (Å²) in [4.78, 5) is 27.7. The van der Waals surface area contributed by atoms with Gasteiger partial charge in [-0.2, -0.15) is 0 Å². The fourth-order valence-electron chi connectivity index (χ4n) is 1.79. The van der Waals surface area contributed by atoms with Crippen molar-refractivity contribution < 1.29 is 14.3 Å². The van der Waals surface area contributed by atoms with Crippen molar-refractivity contribution in [1.29, 1.82) is 0 Å². The fourth-order valence-corrected chi connectivity index (χ4v) is 2.51. The highest BCUT2D eigenvalue weighted by molar-refractivity contribution is 7.15. The average Bonchev–Trinajstić information content (AvgIpc) is 3.05. The number of fused-ring (bicyclic) bond motifs is 1. The first-order chi connectivity index (χ1) is 10.2. The van der Waals surface area contributed by atoms with Crippen LogP contribution in [0.1, 0.15) is 25.0 Å². The van der Waals surface area contributed by atoms with E-state index in [0.29, 0.717) is 25.9 Å². The number of urea groups is 1. The lowest BCUT2D eigenvalue weighted by atomic mass is 10.2. The van der Waals surface area contributed by atoms with Crippen LogP contribution in [0.5, 0.6) is 0 Å². The maximum absolute atomic E-state index is 11.6. The van der Waals surface area contributed by atoms with E-state index in [1.807, 2.05) is 22.2 Å². The van der Waals surface area contributed by atoms with Crippen LogP contribution in [0.3, 0.4) is 0 Å². The SMILES string of the molecule is COC(=O)CCCCNC(=O)NCc1cn2ccsc2n1. The van der Waals surface area contributed by atoms with E-state index in [4.69, 9.17) is 0 Å². The molecule has 0 fully saturated rings. The van der Waals surface area contributed by atoms with E-state index in [-0.39, 0.29) is 12.0 Å². The molecule has 2 N–H and O–H groups in total. The van der Waals surface area contributed by atoms with Gasteiger partial charge in [-0.05, 0) is 12.8 Å². The lowest BCUT2D eigenvalue weighted by Crippen LogP contribution is -2.35. The number of thiazole rings is 1. The third-order valence-electron chi connectivity index (χ3n) is 2.89. The number of nitrogens with one attached hydrogen (secondary N) is 2. The van der Waals surface area contributed by atoms with Crippen LogP contribution in [0.2, 0.25) is 0 Å². The number of unbranched alkanes of at least 4 members (excludes halogenated alkanes) is 1.